The Balaban J connectivity index is 0.00000242. The number of carbonyl (C=O) groups is 1. The molecule has 0 spiro atoms. The van der Waals surface area contributed by atoms with Crippen LogP contribution >= 0.6 is 24.8 Å². The molecule has 0 fully saturated rings. The SMILES string of the molecule is Cc1ccc(-c2cncc(C(=O)N(C)C(C)CN)c2)cc1.Cl.Cl. The first kappa shape index (κ1) is 21.4. The molecule has 1 unspecified atom stereocenters. The van der Waals surface area contributed by atoms with Gasteiger partial charge in [-0.25, -0.2) is 0 Å². The molecule has 0 aliphatic rings. The number of hydrogen-bond acceptors (Lipinski definition) is 3. The van der Waals surface area contributed by atoms with Gasteiger partial charge in [0.25, 0.3) is 5.91 Å². The van der Waals surface area contributed by atoms with Crippen LogP contribution in [0, 0.1) is 6.92 Å². The predicted octanol–water partition coefficient (Wildman–Crippen LogP) is 3.32. The normalized spacial score (nSPS) is 11.0. The molecule has 1 aromatic carbocycles. The Morgan fingerprint density at radius 2 is 1.78 bits per heavy atom. The van der Waals surface area contributed by atoms with E-state index in [0.717, 1.165) is 11.1 Å². The lowest BCUT2D eigenvalue weighted by atomic mass is 10.0. The van der Waals surface area contributed by atoms with Crippen LogP contribution in [0.25, 0.3) is 11.1 Å². The largest absolute Gasteiger partial charge is 0.338 e. The fraction of sp³-hybridized carbons (Fsp3) is 0.294. The quantitative estimate of drug-likeness (QED) is 0.914. The molecule has 1 amide bonds. The second-order valence-electron chi connectivity index (χ2n) is 5.33. The molecule has 0 radical (unpaired) electrons. The van der Waals surface area contributed by atoms with Gasteiger partial charge in [-0.15, -0.1) is 24.8 Å². The van der Waals surface area contributed by atoms with E-state index in [9.17, 15) is 4.79 Å². The van der Waals surface area contributed by atoms with Crippen LogP contribution in [0.4, 0.5) is 0 Å². The van der Waals surface area contributed by atoms with Gasteiger partial charge in [0.15, 0.2) is 0 Å². The third-order valence-electron chi connectivity index (χ3n) is 3.69. The number of nitrogens with zero attached hydrogens (tertiary/aromatic N) is 2. The molecular formula is C17H23Cl2N3O. The molecule has 1 heterocycles. The van der Waals surface area contributed by atoms with Crippen LogP contribution in [-0.2, 0) is 0 Å². The van der Waals surface area contributed by atoms with Gasteiger partial charge in [0, 0.05) is 37.6 Å². The van der Waals surface area contributed by atoms with Crippen molar-refractivity contribution < 1.29 is 4.79 Å². The second-order valence-corrected chi connectivity index (χ2v) is 5.33. The highest BCUT2D eigenvalue weighted by Crippen LogP contribution is 2.20. The molecule has 1 aromatic heterocycles. The molecule has 1 atom stereocenters. The van der Waals surface area contributed by atoms with Crippen LogP contribution in [0.3, 0.4) is 0 Å². The number of pyridine rings is 1. The average Bonchev–Trinajstić information content (AvgIpc) is 2.53. The fourth-order valence-corrected chi connectivity index (χ4v) is 2.02. The Morgan fingerprint density at radius 1 is 1.17 bits per heavy atom. The molecule has 4 nitrogen and oxygen atoms in total. The Morgan fingerprint density at radius 3 is 2.35 bits per heavy atom. The molecule has 23 heavy (non-hydrogen) atoms. The van der Waals surface area contributed by atoms with E-state index in [-0.39, 0.29) is 36.8 Å². The lowest BCUT2D eigenvalue weighted by Crippen LogP contribution is -2.39. The standard InChI is InChI=1S/C17H21N3O.2ClH/c1-12-4-6-14(7-5-12)15-8-16(11-19-10-15)17(21)20(3)13(2)9-18;;/h4-8,10-11,13H,9,18H2,1-3H3;2*1H. The van der Waals surface area contributed by atoms with E-state index in [4.69, 9.17) is 5.73 Å². The highest BCUT2D eigenvalue weighted by molar-refractivity contribution is 5.95. The molecule has 0 bridgehead atoms. The minimum absolute atomic E-state index is 0. The maximum absolute atomic E-state index is 12.4. The summed E-state index contributed by atoms with van der Waals surface area (Å²) in [5, 5.41) is 0. The van der Waals surface area contributed by atoms with E-state index in [1.54, 1.807) is 24.3 Å². The van der Waals surface area contributed by atoms with E-state index in [1.165, 1.54) is 5.56 Å². The average molecular weight is 356 g/mol. The summed E-state index contributed by atoms with van der Waals surface area (Å²) in [5.74, 6) is -0.0607. The number of hydrogen-bond donors (Lipinski definition) is 1. The summed E-state index contributed by atoms with van der Waals surface area (Å²) >= 11 is 0. The topological polar surface area (TPSA) is 59.2 Å². The number of halogens is 2. The summed E-state index contributed by atoms with van der Waals surface area (Å²) in [5.41, 5.74) is 9.39. The van der Waals surface area contributed by atoms with Crippen molar-refractivity contribution in [2.75, 3.05) is 13.6 Å². The van der Waals surface area contributed by atoms with Gasteiger partial charge in [0.1, 0.15) is 0 Å². The maximum Gasteiger partial charge on any atom is 0.255 e. The zero-order valence-electron chi connectivity index (χ0n) is 13.5. The zero-order chi connectivity index (χ0) is 15.4. The highest BCUT2D eigenvalue weighted by atomic mass is 35.5. The van der Waals surface area contributed by atoms with E-state index in [1.807, 2.05) is 44.2 Å². The smallest absolute Gasteiger partial charge is 0.255 e. The molecular weight excluding hydrogens is 333 g/mol. The van der Waals surface area contributed by atoms with Crippen LogP contribution in [0.15, 0.2) is 42.7 Å². The molecule has 2 aromatic rings. The predicted molar refractivity (Wildman–Crippen MR) is 99.5 cm³/mol. The Hall–Kier alpha value is -1.62. The number of rotatable bonds is 4. The van der Waals surface area contributed by atoms with Crippen LogP contribution in [0.5, 0.6) is 0 Å². The van der Waals surface area contributed by atoms with Crippen LogP contribution in [0.2, 0.25) is 0 Å². The molecule has 0 aliphatic carbocycles. The van der Waals surface area contributed by atoms with Crippen molar-refractivity contribution in [1.29, 1.82) is 0 Å². The number of aryl methyl sites for hydroxylation is 1. The summed E-state index contributed by atoms with van der Waals surface area (Å²) in [6.45, 7) is 4.41. The third kappa shape index (κ3) is 5.20. The van der Waals surface area contributed by atoms with Gasteiger partial charge in [-0.1, -0.05) is 29.8 Å². The van der Waals surface area contributed by atoms with Crippen molar-refractivity contribution >= 4 is 30.7 Å². The molecule has 2 rings (SSSR count). The minimum Gasteiger partial charge on any atom is -0.338 e. The molecule has 0 saturated carbocycles. The first-order chi connectivity index (χ1) is 10.0. The zero-order valence-corrected chi connectivity index (χ0v) is 15.2. The number of carbonyl (C=O) groups excluding carboxylic acids is 1. The van der Waals surface area contributed by atoms with Gasteiger partial charge >= 0.3 is 0 Å². The first-order valence-electron chi connectivity index (χ1n) is 7.02. The van der Waals surface area contributed by atoms with Crippen molar-refractivity contribution in [3.63, 3.8) is 0 Å². The van der Waals surface area contributed by atoms with Crippen molar-refractivity contribution in [2.24, 2.45) is 5.73 Å². The van der Waals surface area contributed by atoms with Crippen LogP contribution < -0.4 is 5.73 Å². The maximum atomic E-state index is 12.4. The van der Waals surface area contributed by atoms with E-state index < -0.39 is 0 Å². The van der Waals surface area contributed by atoms with Crippen molar-refractivity contribution in [3.8, 4) is 11.1 Å². The molecule has 6 heteroatoms. The summed E-state index contributed by atoms with van der Waals surface area (Å²) in [4.78, 5) is 18.3. The van der Waals surface area contributed by atoms with Crippen molar-refractivity contribution in [3.05, 3.63) is 53.9 Å². The lowest BCUT2D eigenvalue weighted by molar-refractivity contribution is 0.0748. The van der Waals surface area contributed by atoms with Gasteiger partial charge < -0.3 is 10.6 Å². The summed E-state index contributed by atoms with van der Waals surface area (Å²) in [7, 11) is 1.76. The van der Waals surface area contributed by atoms with Gasteiger partial charge in [-0.2, -0.15) is 0 Å². The Labute approximate surface area is 149 Å². The molecule has 0 aliphatic heterocycles. The monoisotopic (exact) mass is 355 g/mol. The molecule has 126 valence electrons. The first-order valence-corrected chi connectivity index (χ1v) is 7.02. The number of likely N-dealkylation sites (N-methyl/N-ethyl adjacent to an activating group) is 1. The second kappa shape index (κ2) is 9.50. The highest BCUT2D eigenvalue weighted by Gasteiger charge is 2.17. The summed E-state index contributed by atoms with van der Waals surface area (Å²) in [6.07, 6.45) is 3.37. The van der Waals surface area contributed by atoms with Crippen molar-refractivity contribution in [2.45, 2.75) is 19.9 Å². The lowest BCUT2D eigenvalue weighted by Gasteiger charge is -2.23. The molecule has 0 saturated heterocycles. The van der Waals surface area contributed by atoms with Gasteiger partial charge in [-0.3, -0.25) is 9.78 Å². The van der Waals surface area contributed by atoms with Gasteiger partial charge in [0.05, 0.1) is 5.56 Å². The third-order valence-corrected chi connectivity index (χ3v) is 3.69. The van der Waals surface area contributed by atoms with E-state index >= 15 is 0 Å². The number of benzene rings is 1. The number of nitrogens with two attached hydrogens (primary N) is 1. The van der Waals surface area contributed by atoms with Crippen LogP contribution in [-0.4, -0.2) is 35.4 Å². The Bertz CT molecular complexity index is 632. The van der Waals surface area contributed by atoms with Crippen molar-refractivity contribution in [1.82, 2.24) is 9.88 Å². The van der Waals surface area contributed by atoms with E-state index in [0.29, 0.717) is 12.1 Å². The Kier molecular flexibility index (Phi) is 8.83. The van der Waals surface area contributed by atoms with Gasteiger partial charge in [-0.05, 0) is 25.5 Å². The number of amides is 1. The summed E-state index contributed by atoms with van der Waals surface area (Å²) in [6, 6.07) is 10.0. The number of aromatic nitrogens is 1. The van der Waals surface area contributed by atoms with E-state index in [2.05, 4.69) is 4.98 Å². The molecule has 2 N–H and O–H groups in total. The fourth-order valence-electron chi connectivity index (χ4n) is 2.02. The summed E-state index contributed by atoms with van der Waals surface area (Å²) < 4.78 is 0. The van der Waals surface area contributed by atoms with Gasteiger partial charge in [0.2, 0.25) is 0 Å². The van der Waals surface area contributed by atoms with Crippen LogP contribution in [0.1, 0.15) is 22.8 Å². The minimum atomic E-state index is -0.0607.